The van der Waals surface area contributed by atoms with Gasteiger partial charge in [-0.2, -0.15) is 0 Å². The minimum Gasteiger partial charge on any atom is -0.377 e. The highest BCUT2D eigenvalue weighted by Gasteiger charge is 2.14. The van der Waals surface area contributed by atoms with Crippen molar-refractivity contribution in [1.82, 2.24) is 24.4 Å². The van der Waals surface area contributed by atoms with Crippen LogP contribution in [0.15, 0.2) is 9.95 Å². The lowest BCUT2D eigenvalue weighted by molar-refractivity contribution is 0.534. The molecule has 2 heterocycles. The molecule has 7 nitrogen and oxygen atoms in total. The smallest absolute Gasteiger partial charge is 0.344 e. The fourth-order valence-corrected chi connectivity index (χ4v) is 3.11. The highest BCUT2D eigenvalue weighted by Crippen LogP contribution is 2.26. The summed E-state index contributed by atoms with van der Waals surface area (Å²) in [6.45, 7) is 3.90. The van der Waals surface area contributed by atoms with Gasteiger partial charge in [0.2, 0.25) is 0 Å². The number of anilines is 1. The van der Waals surface area contributed by atoms with E-state index in [1.165, 1.54) is 23.3 Å². The first kappa shape index (κ1) is 13.1. The van der Waals surface area contributed by atoms with Crippen LogP contribution in [0.4, 0.5) is 5.00 Å². The highest BCUT2D eigenvalue weighted by atomic mass is 32.2. The van der Waals surface area contributed by atoms with Crippen LogP contribution in [-0.2, 0) is 5.75 Å². The van der Waals surface area contributed by atoms with E-state index in [1.54, 1.807) is 4.57 Å². The predicted octanol–water partition coefficient (Wildman–Crippen LogP) is 1.34. The second-order valence-corrected chi connectivity index (χ2v) is 5.56. The molecule has 0 amide bonds. The Labute approximate surface area is 112 Å². The van der Waals surface area contributed by atoms with Gasteiger partial charge in [0.05, 0.1) is 0 Å². The molecule has 0 spiro atoms. The molecule has 0 aliphatic carbocycles. The Morgan fingerprint density at radius 2 is 2.33 bits per heavy atom. The SMILES string of the molecule is CNc1snnc1CSc1n[nH]c(=O)n1C(C)C. The summed E-state index contributed by atoms with van der Waals surface area (Å²) in [7, 11) is 1.84. The van der Waals surface area contributed by atoms with E-state index < -0.39 is 0 Å². The molecule has 2 rings (SSSR count). The third-order valence-corrected chi connectivity index (χ3v) is 4.06. The summed E-state index contributed by atoms with van der Waals surface area (Å²) in [5.74, 6) is 0.629. The van der Waals surface area contributed by atoms with Crippen molar-refractivity contribution in [2.75, 3.05) is 12.4 Å². The summed E-state index contributed by atoms with van der Waals surface area (Å²) in [5, 5.41) is 15.2. The van der Waals surface area contributed by atoms with E-state index in [0.29, 0.717) is 10.9 Å². The van der Waals surface area contributed by atoms with Crippen molar-refractivity contribution in [2.24, 2.45) is 0 Å². The third-order valence-electron chi connectivity index (χ3n) is 2.31. The van der Waals surface area contributed by atoms with E-state index in [0.717, 1.165) is 10.7 Å². The zero-order valence-corrected chi connectivity index (χ0v) is 11.9. The van der Waals surface area contributed by atoms with Gasteiger partial charge in [0.15, 0.2) is 5.16 Å². The van der Waals surface area contributed by atoms with E-state index in [9.17, 15) is 4.79 Å². The number of aromatic nitrogens is 5. The van der Waals surface area contributed by atoms with Crippen molar-refractivity contribution >= 4 is 28.3 Å². The van der Waals surface area contributed by atoms with Gasteiger partial charge in [-0.15, -0.1) is 10.2 Å². The maximum absolute atomic E-state index is 11.6. The Morgan fingerprint density at radius 3 is 3.00 bits per heavy atom. The highest BCUT2D eigenvalue weighted by molar-refractivity contribution is 7.98. The number of H-pyrrole nitrogens is 1. The molecule has 18 heavy (non-hydrogen) atoms. The van der Waals surface area contributed by atoms with Gasteiger partial charge in [0.1, 0.15) is 10.7 Å². The topological polar surface area (TPSA) is 88.5 Å². The van der Waals surface area contributed by atoms with Crippen molar-refractivity contribution in [3.05, 3.63) is 16.2 Å². The maximum atomic E-state index is 11.6. The van der Waals surface area contributed by atoms with Crippen LogP contribution in [0.2, 0.25) is 0 Å². The number of aromatic amines is 1. The fraction of sp³-hybridized carbons (Fsp3) is 0.556. The number of hydrogen-bond acceptors (Lipinski definition) is 7. The summed E-state index contributed by atoms with van der Waals surface area (Å²) in [5.41, 5.74) is 0.691. The van der Waals surface area contributed by atoms with Crippen molar-refractivity contribution in [3.8, 4) is 0 Å². The minimum atomic E-state index is -0.183. The van der Waals surface area contributed by atoms with Crippen LogP contribution in [0.1, 0.15) is 25.6 Å². The van der Waals surface area contributed by atoms with Crippen LogP contribution in [0, 0.1) is 0 Å². The van der Waals surface area contributed by atoms with Crippen molar-refractivity contribution in [1.29, 1.82) is 0 Å². The summed E-state index contributed by atoms with van der Waals surface area (Å²) in [6.07, 6.45) is 0. The second-order valence-electron chi connectivity index (χ2n) is 3.86. The Balaban J connectivity index is 2.14. The number of nitrogens with one attached hydrogen (secondary N) is 2. The van der Waals surface area contributed by atoms with E-state index >= 15 is 0 Å². The van der Waals surface area contributed by atoms with E-state index in [-0.39, 0.29) is 11.7 Å². The first-order valence-electron chi connectivity index (χ1n) is 5.42. The van der Waals surface area contributed by atoms with E-state index in [1.807, 2.05) is 20.9 Å². The van der Waals surface area contributed by atoms with Crippen LogP contribution in [0.3, 0.4) is 0 Å². The Hall–Kier alpha value is -1.35. The molecule has 0 atom stereocenters. The third kappa shape index (κ3) is 2.56. The average Bonchev–Trinajstić information content (AvgIpc) is 2.92. The van der Waals surface area contributed by atoms with Gasteiger partial charge in [0, 0.05) is 30.4 Å². The first-order valence-corrected chi connectivity index (χ1v) is 7.18. The van der Waals surface area contributed by atoms with Gasteiger partial charge < -0.3 is 5.32 Å². The van der Waals surface area contributed by atoms with Crippen LogP contribution >= 0.6 is 23.3 Å². The molecule has 0 saturated heterocycles. The Bertz CT molecular complexity index is 572. The molecule has 0 fully saturated rings. The van der Waals surface area contributed by atoms with Crippen molar-refractivity contribution < 1.29 is 0 Å². The Kier molecular flexibility index (Phi) is 4.02. The summed E-state index contributed by atoms with van der Waals surface area (Å²) in [6, 6.07) is 0.0797. The predicted molar refractivity (Wildman–Crippen MR) is 72.2 cm³/mol. The van der Waals surface area contributed by atoms with Gasteiger partial charge in [0.25, 0.3) is 0 Å². The molecule has 0 radical (unpaired) electrons. The van der Waals surface area contributed by atoms with E-state index in [4.69, 9.17) is 0 Å². The molecule has 0 aliphatic heterocycles. The van der Waals surface area contributed by atoms with Gasteiger partial charge in [-0.1, -0.05) is 16.3 Å². The standard InChI is InChI=1S/C9H14N6OS2/c1-5(2)15-8(16)12-13-9(15)17-4-6-7(10-3)18-14-11-6/h5,10H,4H2,1-3H3,(H,12,16). The van der Waals surface area contributed by atoms with E-state index in [2.05, 4.69) is 25.1 Å². The molecular weight excluding hydrogens is 272 g/mol. The monoisotopic (exact) mass is 286 g/mol. The molecule has 2 N–H and O–H groups in total. The second kappa shape index (κ2) is 5.53. The first-order chi connectivity index (χ1) is 8.63. The molecule has 2 aromatic rings. The number of thioether (sulfide) groups is 1. The number of nitrogens with zero attached hydrogens (tertiary/aromatic N) is 4. The lowest BCUT2D eigenvalue weighted by Gasteiger charge is -2.07. The lowest BCUT2D eigenvalue weighted by Crippen LogP contribution is -2.19. The summed E-state index contributed by atoms with van der Waals surface area (Å²) in [4.78, 5) is 11.6. The minimum absolute atomic E-state index is 0.0797. The van der Waals surface area contributed by atoms with Gasteiger partial charge in [-0.05, 0) is 13.8 Å². The lowest BCUT2D eigenvalue weighted by atomic mass is 10.4. The maximum Gasteiger partial charge on any atom is 0.344 e. The zero-order chi connectivity index (χ0) is 13.1. The molecule has 9 heteroatoms. The zero-order valence-electron chi connectivity index (χ0n) is 10.3. The quantitative estimate of drug-likeness (QED) is 0.806. The van der Waals surface area contributed by atoms with Crippen molar-refractivity contribution in [3.63, 3.8) is 0 Å². The molecule has 0 unspecified atom stereocenters. The average molecular weight is 286 g/mol. The molecule has 2 aromatic heterocycles. The molecule has 0 aliphatic rings. The molecule has 0 bridgehead atoms. The molecule has 0 aromatic carbocycles. The molecule has 0 saturated carbocycles. The van der Waals surface area contributed by atoms with Crippen LogP contribution < -0.4 is 11.0 Å². The van der Waals surface area contributed by atoms with Gasteiger partial charge in [-0.25, -0.2) is 9.89 Å². The summed E-state index contributed by atoms with van der Waals surface area (Å²) >= 11 is 2.79. The molecular formula is C9H14N6OS2. The fourth-order valence-electron chi connectivity index (χ4n) is 1.47. The number of rotatable bonds is 5. The van der Waals surface area contributed by atoms with Crippen molar-refractivity contribution in [2.45, 2.75) is 30.8 Å². The van der Waals surface area contributed by atoms with Crippen LogP contribution in [0.25, 0.3) is 0 Å². The van der Waals surface area contributed by atoms with Crippen LogP contribution in [0.5, 0.6) is 0 Å². The summed E-state index contributed by atoms with van der Waals surface area (Å²) < 4.78 is 5.52. The van der Waals surface area contributed by atoms with Gasteiger partial charge in [-0.3, -0.25) is 4.57 Å². The van der Waals surface area contributed by atoms with Crippen LogP contribution in [-0.4, -0.2) is 31.4 Å². The van der Waals surface area contributed by atoms with Gasteiger partial charge >= 0.3 is 5.69 Å². The normalized spacial score (nSPS) is 11.1. The number of hydrogen-bond donors (Lipinski definition) is 2. The molecule has 98 valence electrons. The Morgan fingerprint density at radius 1 is 1.56 bits per heavy atom. The largest absolute Gasteiger partial charge is 0.377 e.